The van der Waals surface area contributed by atoms with Gasteiger partial charge in [-0.2, -0.15) is 11.8 Å². The van der Waals surface area contributed by atoms with Crippen LogP contribution in [0, 0.1) is 5.92 Å². The van der Waals surface area contributed by atoms with E-state index in [0.717, 1.165) is 30.9 Å². The molecule has 0 aliphatic carbocycles. The van der Waals surface area contributed by atoms with Crippen molar-refractivity contribution >= 4 is 23.8 Å². The number of carboxylic acid groups (broad SMARTS) is 1. The highest BCUT2D eigenvalue weighted by Crippen LogP contribution is 2.26. The fraction of sp³-hybridized carbons (Fsp3) is 0.857. The fourth-order valence-electron chi connectivity index (χ4n) is 3.13. The Hall–Kier alpha value is -0.910. The highest BCUT2D eigenvalue weighted by molar-refractivity contribution is 7.99. The molecule has 0 aromatic heterocycles. The zero-order chi connectivity index (χ0) is 14.7. The maximum atomic E-state index is 12.7. The molecule has 0 bridgehead atoms. The minimum atomic E-state index is -0.824. The summed E-state index contributed by atoms with van der Waals surface area (Å²) < 4.78 is 0. The van der Waals surface area contributed by atoms with Gasteiger partial charge in [0.1, 0.15) is 0 Å². The second-order valence-corrected chi connectivity index (χ2v) is 7.12. The van der Waals surface area contributed by atoms with Crippen LogP contribution in [0.5, 0.6) is 0 Å². The van der Waals surface area contributed by atoms with Crippen LogP contribution in [0.3, 0.4) is 0 Å². The number of piperidine rings is 1. The molecule has 5 nitrogen and oxygen atoms in total. The summed E-state index contributed by atoms with van der Waals surface area (Å²) in [5.41, 5.74) is 0. The topological polar surface area (TPSA) is 60.9 Å². The first-order chi connectivity index (χ1) is 9.49. The highest BCUT2D eigenvalue weighted by atomic mass is 32.2. The molecule has 2 aliphatic rings. The van der Waals surface area contributed by atoms with Gasteiger partial charge in [0.2, 0.25) is 0 Å². The van der Waals surface area contributed by atoms with Crippen molar-refractivity contribution in [3.63, 3.8) is 0 Å². The standard InChI is InChI=1S/C14H24N2O3S/c1-10-3-4-15(11(2)7-10)14(19)16-5-6-20-9-12(16)8-13(17)18/h10-12H,3-9H2,1-2H3,(H,17,18). The molecule has 2 rings (SSSR count). The quantitative estimate of drug-likeness (QED) is 0.848. The molecule has 114 valence electrons. The number of carboxylic acids is 1. The molecule has 6 heteroatoms. The maximum Gasteiger partial charge on any atom is 0.320 e. The van der Waals surface area contributed by atoms with Crippen LogP contribution in [0.1, 0.15) is 33.1 Å². The molecule has 2 heterocycles. The SMILES string of the molecule is CC1CCN(C(=O)N2CCSCC2CC(=O)O)C(C)C1. The van der Waals surface area contributed by atoms with Crippen molar-refractivity contribution in [3.05, 3.63) is 0 Å². The Morgan fingerprint density at radius 1 is 1.25 bits per heavy atom. The van der Waals surface area contributed by atoms with E-state index in [9.17, 15) is 9.59 Å². The molecule has 0 aromatic rings. The van der Waals surface area contributed by atoms with Crippen LogP contribution in [-0.2, 0) is 4.79 Å². The molecular weight excluding hydrogens is 276 g/mol. The van der Waals surface area contributed by atoms with Crippen molar-refractivity contribution in [3.8, 4) is 0 Å². The van der Waals surface area contributed by atoms with Crippen LogP contribution in [0.4, 0.5) is 4.79 Å². The van der Waals surface area contributed by atoms with Crippen molar-refractivity contribution in [1.82, 2.24) is 9.80 Å². The highest BCUT2D eigenvalue weighted by Gasteiger charge is 2.35. The third-order valence-electron chi connectivity index (χ3n) is 4.27. The number of carbonyl (C=O) groups is 2. The molecule has 2 saturated heterocycles. The van der Waals surface area contributed by atoms with Gasteiger partial charge in [-0.15, -0.1) is 0 Å². The summed E-state index contributed by atoms with van der Waals surface area (Å²) in [5.74, 6) is 1.48. The fourth-order valence-corrected chi connectivity index (χ4v) is 4.20. The first-order valence-corrected chi connectivity index (χ1v) is 8.51. The van der Waals surface area contributed by atoms with E-state index in [-0.39, 0.29) is 24.5 Å². The number of aliphatic carboxylic acids is 1. The van der Waals surface area contributed by atoms with Crippen LogP contribution >= 0.6 is 11.8 Å². The molecule has 0 saturated carbocycles. The van der Waals surface area contributed by atoms with Gasteiger partial charge in [0, 0.05) is 30.6 Å². The molecule has 0 aromatic carbocycles. The van der Waals surface area contributed by atoms with Gasteiger partial charge in [0.15, 0.2) is 0 Å². The van der Waals surface area contributed by atoms with E-state index in [4.69, 9.17) is 5.11 Å². The summed E-state index contributed by atoms with van der Waals surface area (Å²) in [6, 6.07) is 0.132. The Balaban J connectivity index is 2.03. The van der Waals surface area contributed by atoms with Gasteiger partial charge >= 0.3 is 12.0 Å². The maximum absolute atomic E-state index is 12.7. The number of hydrogen-bond acceptors (Lipinski definition) is 3. The van der Waals surface area contributed by atoms with Crippen molar-refractivity contribution in [2.24, 2.45) is 5.92 Å². The van der Waals surface area contributed by atoms with E-state index in [0.29, 0.717) is 12.5 Å². The molecule has 3 atom stereocenters. The monoisotopic (exact) mass is 300 g/mol. The lowest BCUT2D eigenvalue weighted by atomic mass is 9.93. The van der Waals surface area contributed by atoms with E-state index in [1.165, 1.54) is 0 Å². The first-order valence-electron chi connectivity index (χ1n) is 7.35. The van der Waals surface area contributed by atoms with Gasteiger partial charge < -0.3 is 14.9 Å². The number of thioether (sulfide) groups is 1. The Morgan fingerprint density at radius 2 is 2.00 bits per heavy atom. The summed E-state index contributed by atoms with van der Waals surface area (Å²) >= 11 is 1.74. The zero-order valence-electron chi connectivity index (χ0n) is 12.2. The molecule has 3 unspecified atom stereocenters. The second-order valence-electron chi connectivity index (χ2n) is 5.97. The predicted molar refractivity (Wildman–Crippen MR) is 80.0 cm³/mol. The van der Waals surface area contributed by atoms with Crippen molar-refractivity contribution < 1.29 is 14.7 Å². The van der Waals surface area contributed by atoms with Crippen molar-refractivity contribution in [2.45, 2.75) is 45.2 Å². The van der Waals surface area contributed by atoms with E-state index in [1.807, 2.05) is 4.90 Å². The number of nitrogens with zero attached hydrogens (tertiary/aromatic N) is 2. The van der Waals surface area contributed by atoms with Gasteiger partial charge in [-0.3, -0.25) is 4.79 Å². The molecule has 0 spiro atoms. The average Bonchev–Trinajstić information content (AvgIpc) is 2.38. The van der Waals surface area contributed by atoms with Crippen LogP contribution in [0.25, 0.3) is 0 Å². The number of amides is 2. The van der Waals surface area contributed by atoms with E-state index in [1.54, 1.807) is 16.7 Å². The largest absolute Gasteiger partial charge is 0.481 e. The number of urea groups is 1. The lowest BCUT2D eigenvalue weighted by Crippen LogP contribution is -2.56. The summed E-state index contributed by atoms with van der Waals surface area (Å²) in [5, 5.41) is 9.00. The number of carbonyl (C=O) groups excluding carboxylic acids is 1. The van der Waals surface area contributed by atoms with E-state index < -0.39 is 5.97 Å². The lowest BCUT2D eigenvalue weighted by molar-refractivity contribution is -0.138. The molecular formula is C14H24N2O3S. The zero-order valence-corrected chi connectivity index (χ0v) is 13.1. The number of hydrogen-bond donors (Lipinski definition) is 1. The summed E-state index contributed by atoms with van der Waals surface area (Å²) in [6.45, 7) is 5.78. The normalized spacial score (nSPS) is 31.2. The average molecular weight is 300 g/mol. The first kappa shape index (κ1) is 15.5. The minimum Gasteiger partial charge on any atom is -0.481 e. The Bertz CT molecular complexity index is 377. The van der Waals surface area contributed by atoms with Crippen LogP contribution in [0.15, 0.2) is 0 Å². The summed E-state index contributed by atoms with van der Waals surface area (Å²) in [6.07, 6.45) is 2.14. The van der Waals surface area contributed by atoms with Gasteiger partial charge in [-0.05, 0) is 25.7 Å². The third kappa shape index (κ3) is 3.59. The molecule has 2 aliphatic heterocycles. The van der Waals surface area contributed by atoms with E-state index in [2.05, 4.69) is 13.8 Å². The number of likely N-dealkylation sites (tertiary alicyclic amines) is 1. The van der Waals surface area contributed by atoms with Gasteiger partial charge in [0.05, 0.1) is 12.5 Å². The molecule has 20 heavy (non-hydrogen) atoms. The van der Waals surface area contributed by atoms with E-state index >= 15 is 0 Å². The number of rotatable bonds is 2. The predicted octanol–water partition coefficient (Wildman–Crippen LogP) is 2.12. The van der Waals surface area contributed by atoms with Crippen LogP contribution < -0.4 is 0 Å². The Morgan fingerprint density at radius 3 is 2.65 bits per heavy atom. The molecule has 0 radical (unpaired) electrons. The van der Waals surface area contributed by atoms with Gasteiger partial charge in [-0.1, -0.05) is 6.92 Å². The summed E-state index contributed by atoms with van der Waals surface area (Å²) in [4.78, 5) is 27.4. The smallest absolute Gasteiger partial charge is 0.320 e. The van der Waals surface area contributed by atoms with Crippen LogP contribution in [-0.4, -0.2) is 63.6 Å². The Kier molecular flexibility index (Phi) is 5.18. The van der Waals surface area contributed by atoms with Crippen LogP contribution in [0.2, 0.25) is 0 Å². The molecule has 2 amide bonds. The molecule has 2 fully saturated rings. The lowest BCUT2D eigenvalue weighted by Gasteiger charge is -2.43. The summed E-state index contributed by atoms with van der Waals surface area (Å²) in [7, 11) is 0. The minimum absolute atomic E-state index is 0.0379. The van der Waals surface area contributed by atoms with Crippen molar-refractivity contribution in [2.75, 3.05) is 24.6 Å². The molecule has 1 N–H and O–H groups in total. The van der Waals surface area contributed by atoms with Gasteiger partial charge in [-0.25, -0.2) is 4.79 Å². The second kappa shape index (κ2) is 6.70. The Labute approximate surface area is 124 Å². The van der Waals surface area contributed by atoms with Crippen molar-refractivity contribution in [1.29, 1.82) is 0 Å². The van der Waals surface area contributed by atoms with Gasteiger partial charge in [0.25, 0.3) is 0 Å². The third-order valence-corrected chi connectivity index (χ3v) is 5.36.